The third kappa shape index (κ3) is 1.90. The zero-order chi connectivity index (χ0) is 11.9. The molecule has 0 fully saturated rings. The van der Waals surface area contributed by atoms with E-state index in [1.165, 1.54) is 12.3 Å². The largest absolute Gasteiger partial charge is 0.260 e. The molecule has 1 aromatic carbocycles. The molecule has 1 heterocycles. The topological polar surface area (TPSA) is 12.9 Å². The van der Waals surface area contributed by atoms with E-state index in [1.54, 1.807) is 6.07 Å². The molecule has 2 aromatic rings. The summed E-state index contributed by atoms with van der Waals surface area (Å²) < 4.78 is 26.5. The average Bonchev–Trinajstić information content (AvgIpc) is 2.15. The lowest BCUT2D eigenvalue weighted by Gasteiger charge is -2.17. The molecule has 0 radical (unpaired) electrons. The molecule has 1 aromatic heterocycles. The molecule has 0 bridgehead atoms. The van der Waals surface area contributed by atoms with Gasteiger partial charge in [-0.1, -0.05) is 20.8 Å². The van der Waals surface area contributed by atoms with E-state index in [1.807, 2.05) is 20.8 Å². The summed E-state index contributed by atoms with van der Waals surface area (Å²) in [6.45, 7) is 6.03. The van der Waals surface area contributed by atoms with E-state index < -0.39 is 11.6 Å². The van der Waals surface area contributed by atoms with E-state index in [9.17, 15) is 8.78 Å². The molecule has 0 saturated heterocycles. The van der Waals surface area contributed by atoms with Gasteiger partial charge in [0.2, 0.25) is 0 Å². The van der Waals surface area contributed by atoms with Crippen molar-refractivity contribution in [2.45, 2.75) is 26.2 Å². The summed E-state index contributed by atoms with van der Waals surface area (Å²) in [7, 11) is 0. The molecule has 1 nitrogen and oxygen atoms in total. The molecule has 0 aliphatic carbocycles. The maximum Gasteiger partial charge on any atom is 0.135 e. The minimum Gasteiger partial charge on any atom is -0.260 e. The first-order valence-electron chi connectivity index (χ1n) is 5.13. The normalized spacial score (nSPS) is 12.1. The number of pyridine rings is 1. The highest BCUT2D eigenvalue weighted by atomic mass is 19.1. The molecule has 0 spiro atoms. The van der Waals surface area contributed by atoms with Gasteiger partial charge in [0.05, 0.1) is 0 Å². The number of hydrogen-bond acceptors (Lipinski definition) is 1. The van der Waals surface area contributed by atoms with Crippen molar-refractivity contribution in [3.63, 3.8) is 0 Å². The van der Waals surface area contributed by atoms with Crippen LogP contribution in [0, 0.1) is 11.6 Å². The van der Waals surface area contributed by atoms with Gasteiger partial charge in [-0.15, -0.1) is 0 Å². The maximum atomic E-state index is 13.4. The molecular formula is C13H13F2N. The number of hydrogen-bond donors (Lipinski definition) is 0. The van der Waals surface area contributed by atoms with Gasteiger partial charge in [0, 0.05) is 28.8 Å². The van der Waals surface area contributed by atoms with Gasteiger partial charge in [0.1, 0.15) is 11.6 Å². The van der Waals surface area contributed by atoms with Gasteiger partial charge in [-0.05, 0) is 17.5 Å². The number of nitrogens with zero attached hydrogens (tertiary/aromatic N) is 1. The fraction of sp³-hybridized carbons (Fsp3) is 0.308. The van der Waals surface area contributed by atoms with Crippen LogP contribution in [0.15, 0.2) is 24.4 Å². The molecule has 84 valence electrons. The van der Waals surface area contributed by atoms with Crippen LogP contribution in [0.4, 0.5) is 8.78 Å². The Kier molecular flexibility index (Phi) is 2.41. The first kappa shape index (κ1) is 11.0. The highest BCUT2D eigenvalue weighted by Gasteiger charge is 2.16. The fourth-order valence-electron chi connectivity index (χ4n) is 1.59. The summed E-state index contributed by atoms with van der Waals surface area (Å²) in [6.07, 6.45) is 1.46. The predicted octanol–water partition coefficient (Wildman–Crippen LogP) is 3.81. The first-order valence-corrected chi connectivity index (χ1v) is 5.13. The van der Waals surface area contributed by atoms with Crippen molar-refractivity contribution in [2.24, 2.45) is 0 Å². The minimum absolute atomic E-state index is 0.128. The molecular weight excluding hydrogens is 208 g/mol. The number of rotatable bonds is 0. The molecule has 0 aliphatic heterocycles. The molecule has 16 heavy (non-hydrogen) atoms. The molecule has 3 heteroatoms. The van der Waals surface area contributed by atoms with E-state index in [4.69, 9.17) is 0 Å². The van der Waals surface area contributed by atoms with E-state index in [2.05, 4.69) is 4.98 Å². The third-order valence-corrected chi connectivity index (χ3v) is 2.52. The van der Waals surface area contributed by atoms with Gasteiger partial charge < -0.3 is 0 Å². The van der Waals surface area contributed by atoms with E-state index in [0.717, 1.165) is 11.8 Å². The molecule has 0 unspecified atom stereocenters. The zero-order valence-corrected chi connectivity index (χ0v) is 9.51. The molecule has 0 aliphatic rings. The summed E-state index contributed by atoms with van der Waals surface area (Å²) in [6, 6.07) is 3.94. The van der Waals surface area contributed by atoms with Crippen molar-refractivity contribution >= 4 is 10.8 Å². The average molecular weight is 221 g/mol. The second kappa shape index (κ2) is 3.51. The van der Waals surface area contributed by atoms with Crippen LogP contribution < -0.4 is 0 Å². The second-order valence-electron chi connectivity index (χ2n) is 4.93. The maximum absolute atomic E-state index is 13.4. The standard InChI is InChI=1S/C13H13F2N/c1-13(2,3)12-5-8-4-9(14)6-11(15)10(8)7-16-12/h4-7H,1-3H3. The van der Waals surface area contributed by atoms with Crippen molar-refractivity contribution < 1.29 is 8.78 Å². The quantitative estimate of drug-likeness (QED) is 0.659. The van der Waals surface area contributed by atoms with Crippen LogP contribution in [0.3, 0.4) is 0 Å². The summed E-state index contributed by atoms with van der Waals surface area (Å²) >= 11 is 0. The Bertz CT molecular complexity index is 541. The van der Waals surface area contributed by atoms with Crippen molar-refractivity contribution in [3.8, 4) is 0 Å². The number of benzene rings is 1. The number of fused-ring (bicyclic) bond motifs is 1. The Morgan fingerprint density at radius 2 is 1.75 bits per heavy atom. The first-order chi connectivity index (χ1) is 7.38. The van der Waals surface area contributed by atoms with Gasteiger partial charge >= 0.3 is 0 Å². The Morgan fingerprint density at radius 1 is 1.06 bits per heavy atom. The third-order valence-electron chi connectivity index (χ3n) is 2.52. The van der Waals surface area contributed by atoms with Crippen LogP contribution >= 0.6 is 0 Å². The lowest BCUT2D eigenvalue weighted by Crippen LogP contribution is -2.13. The van der Waals surface area contributed by atoms with Gasteiger partial charge in [0.15, 0.2) is 0 Å². The van der Waals surface area contributed by atoms with Crippen molar-refractivity contribution in [1.29, 1.82) is 0 Å². The van der Waals surface area contributed by atoms with Gasteiger partial charge in [0.25, 0.3) is 0 Å². The summed E-state index contributed by atoms with van der Waals surface area (Å²) in [5.74, 6) is -1.13. The Hall–Kier alpha value is -1.51. The number of aromatic nitrogens is 1. The van der Waals surface area contributed by atoms with Crippen molar-refractivity contribution in [2.75, 3.05) is 0 Å². The van der Waals surface area contributed by atoms with Gasteiger partial charge in [-0.3, -0.25) is 4.98 Å². The van der Waals surface area contributed by atoms with Crippen LogP contribution in [0.5, 0.6) is 0 Å². The summed E-state index contributed by atoms with van der Waals surface area (Å²) in [5.41, 5.74) is 0.696. The molecule has 0 N–H and O–H groups in total. The summed E-state index contributed by atoms with van der Waals surface area (Å²) in [5, 5.41) is 0.909. The van der Waals surface area contributed by atoms with E-state index in [0.29, 0.717) is 10.8 Å². The highest BCUT2D eigenvalue weighted by molar-refractivity contribution is 5.82. The van der Waals surface area contributed by atoms with Gasteiger partial charge in [-0.2, -0.15) is 0 Å². The Balaban J connectivity index is 2.71. The van der Waals surface area contributed by atoms with E-state index >= 15 is 0 Å². The second-order valence-corrected chi connectivity index (χ2v) is 4.93. The lowest BCUT2D eigenvalue weighted by atomic mass is 9.90. The number of halogens is 2. The lowest BCUT2D eigenvalue weighted by molar-refractivity contribution is 0.568. The van der Waals surface area contributed by atoms with Gasteiger partial charge in [-0.25, -0.2) is 8.78 Å². The highest BCUT2D eigenvalue weighted by Crippen LogP contribution is 2.25. The van der Waals surface area contributed by atoms with Crippen molar-refractivity contribution in [1.82, 2.24) is 4.98 Å². The van der Waals surface area contributed by atoms with Crippen LogP contribution in [0.25, 0.3) is 10.8 Å². The van der Waals surface area contributed by atoms with Crippen molar-refractivity contribution in [3.05, 3.63) is 41.7 Å². The molecule has 0 saturated carbocycles. The summed E-state index contributed by atoms with van der Waals surface area (Å²) in [4.78, 5) is 4.21. The molecule has 0 atom stereocenters. The van der Waals surface area contributed by atoms with Crippen LogP contribution in [-0.4, -0.2) is 4.98 Å². The monoisotopic (exact) mass is 221 g/mol. The van der Waals surface area contributed by atoms with Crippen LogP contribution in [0.1, 0.15) is 26.5 Å². The van der Waals surface area contributed by atoms with Crippen LogP contribution in [0.2, 0.25) is 0 Å². The molecule has 0 amide bonds. The fourth-order valence-corrected chi connectivity index (χ4v) is 1.59. The van der Waals surface area contributed by atoms with E-state index in [-0.39, 0.29) is 5.41 Å². The minimum atomic E-state index is -0.567. The van der Waals surface area contributed by atoms with Crippen LogP contribution in [-0.2, 0) is 5.41 Å². The Labute approximate surface area is 93.1 Å². The SMILES string of the molecule is CC(C)(C)c1cc2cc(F)cc(F)c2cn1. The molecule has 2 rings (SSSR count). The Morgan fingerprint density at radius 3 is 2.38 bits per heavy atom. The smallest absolute Gasteiger partial charge is 0.135 e. The zero-order valence-electron chi connectivity index (χ0n) is 9.51. The predicted molar refractivity (Wildman–Crippen MR) is 60.4 cm³/mol.